The van der Waals surface area contributed by atoms with Gasteiger partial charge in [0.25, 0.3) is 5.91 Å². The topological polar surface area (TPSA) is 45.6 Å². The number of hydrogen-bond donors (Lipinski definition) is 0. The molecule has 1 aliphatic rings. The molecule has 1 aliphatic heterocycles. The summed E-state index contributed by atoms with van der Waals surface area (Å²) in [6.45, 7) is 1.14. The number of para-hydroxylation sites is 1. The first-order chi connectivity index (χ1) is 12.7. The molecule has 1 fully saturated rings. The predicted octanol–water partition coefficient (Wildman–Crippen LogP) is 2.97. The number of carbonyl (C=O) groups is 2. The van der Waals surface area contributed by atoms with Crippen molar-refractivity contribution in [1.29, 1.82) is 0 Å². The maximum Gasteiger partial charge on any atom is 0.254 e. The molecule has 2 heterocycles. The van der Waals surface area contributed by atoms with Crippen molar-refractivity contribution in [3.8, 4) is 5.69 Å². The van der Waals surface area contributed by atoms with Gasteiger partial charge in [0.2, 0.25) is 5.91 Å². The number of rotatable bonds is 3. The van der Waals surface area contributed by atoms with Crippen molar-refractivity contribution in [2.45, 2.75) is 0 Å². The number of piperazine rings is 1. The molecular formula is C21H19N3O2. The van der Waals surface area contributed by atoms with Gasteiger partial charge in [0.05, 0.1) is 0 Å². The third kappa shape index (κ3) is 3.11. The lowest BCUT2D eigenvalue weighted by atomic mass is 10.1. The van der Waals surface area contributed by atoms with Crippen molar-refractivity contribution in [2.24, 2.45) is 0 Å². The van der Waals surface area contributed by atoms with Crippen LogP contribution in [0.1, 0.15) is 10.4 Å². The van der Waals surface area contributed by atoms with E-state index in [0.29, 0.717) is 18.7 Å². The summed E-state index contributed by atoms with van der Waals surface area (Å²) in [7, 11) is 0. The maximum atomic E-state index is 12.7. The van der Waals surface area contributed by atoms with Crippen molar-refractivity contribution in [3.63, 3.8) is 0 Å². The molecule has 2 amide bonds. The Labute approximate surface area is 152 Å². The molecule has 4 rings (SSSR count). The Morgan fingerprint density at radius 3 is 2.12 bits per heavy atom. The van der Waals surface area contributed by atoms with Gasteiger partial charge in [-0.15, -0.1) is 0 Å². The Morgan fingerprint density at radius 1 is 0.769 bits per heavy atom. The second kappa shape index (κ2) is 6.88. The lowest BCUT2D eigenvalue weighted by molar-refractivity contribution is -0.120. The van der Waals surface area contributed by atoms with Crippen LogP contribution in [0.4, 0.5) is 5.69 Å². The van der Waals surface area contributed by atoms with E-state index in [1.165, 1.54) is 0 Å². The van der Waals surface area contributed by atoms with Crippen LogP contribution in [-0.4, -0.2) is 40.9 Å². The van der Waals surface area contributed by atoms with Crippen LogP contribution < -0.4 is 4.90 Å². The lowest BCUT2D eigenvalue weighted by Crippen LogP contribution is -2.52. The third-order valence-corrected chi connectivity index (χ3v) is 4.59. The molecular weight excluding hydrogens is 326 g/mol. The number of nitrogens with zero attached hydrogens (tertiary/aromatic N) is 3. The highest BCUT2D eigenvalue weighted by atomic mass is 16.2. The van der Waals surface area contributed by atoms with Crippen LogP contribution in [0.25, 0.3) is 5.69 Å². The zero-order valence-electron chi connectivity index (χ0n) is 14.3. The van der Waals surface area contributed by atoms with Crippen LogP contribution in [0.5, 0.6) is 0 Å². The van der Waals surface area contributed by atoms with E-state index in [1.807, 2.05) is 83.7 Å². The normalized spacial score (nSPS) is 14.5. The summed E-state index contributed by atoms with van der Waals surface area (Å²) in [4.78, 5) is 28.6. The van der Waals surface area contributed by atoms with Gasteiger partial charge < -0.3 is 14.4 Å². The standard InChI is InChI=1S/C21H19N3O2/c25-20-16-23(14-15-24(20)19-6-2-1-3-7-19)21(26)17-8-10-18(11-9-17)22-12-4-5-13-22/h1-13H,14-16H2. The fraction of sp³-hybridized carbons (Fsp3) is 0.143. The van der Waals surface area contributed by atoms with E-state index in [1.54, 1.807) is 9.80 Å². The highest BCUT2D eigenvalue weighted by Gasteiger charge is 2.28. The molecule has 5 heteroatoms. The number of anilines is 1. The van der Waals surface area contributed by atoms with Crippen molar-refractivity contribution in [1.82, 2.24) is 9.47 Å². The number of carbonyl (C=O) groups excluding carboxylic acids is 2. The van der Waals surface area contributed by atoms with E-state index >= 15 is 0 Å². The summed E-state index contributed by atoms with van der Waals surface area (Å²) >= 11 is 0. The first-order valence-corrected chi connectivity index (χ1v) is 8.60. The molecule has 1 saturated heterocycles. The number of benzene rings is 2. The van der Waals surface area contributed by atoms with Gasteiger partial charge in [-0.1, -0.05) is 18.2 Å². The van der Waals surface area contributed by atoms with Gasteiger partial charge in [-0.3, -0.25) is 9.59 Å². The fourth-order valence-electron chi connectivity index (χ4n) is 3.19. The molecule has 0 N–H and O–H groups in total. The molecule has 130 valence electrons. The Bertz CT molecular complexity index is 902. The quantitative estimate of drug-likeness (QED) is 0.733. The second-order valence-electron chi connectivity index (χ2n) is 6.24. The SMILES string of the molecule is O=C(c1ccc(-n2cccc2)cc1)N1CCN(c2ccccc2)C(=O)C1. The molecule has 5 nitrogen and oxygen atoms in total. The van der Waals surface area contributed by atoms with Crippen molar-refractivity contribution in [3.05, 3.63) is 84.7 Å². The van der Waals surface area contributed by atoms with Crippen LogP contribution >= 0.6 is 0 Å². The van der Waals surface area contributed by atoms with E-state index in [0.717, 1.165) is 11.4 Å². The summed E-state index contributed by atoms with van der Waals surface area (Å²) in [6.07, 6.45) is 3.91. The van der Waals surface area contributed by atoms with Gasteiger partial charge >= 0.3 is 0 Å². The molecule has 0 unspecified atom stereocenters. The average Bonchev–Trinajstić information content (AvgIpc) is 3.23. The fourth-order valence-corrected chi connectivity index (χ4v) is 3.19. The molecule has 0 saturated carbocycles. The zero-order chi connectivity index (χ0) is 17.9. The number of amides is 2. The minimum atomic E-state index is -0.106. The molecule has 0 bridgehead atoms. The van der Waals surface area contributed by atoms with Crippen molar-refractivity contribution >= 4 is 17.5 Å². The molecule has 0 spiro atoms. The monoisotopic (exact) mass is 345 g/mol. The van der Waals surface area contributed by atoms with Crippen LogP contribution in [0.2, 0.25) is 0 Å². The van der Waals surface area contributed by atoms with Crippen LogP contribution in [-0.2, 0) is 4.79 Å². The Balaban J connectivity index is 1.45. The largest absolute Gasteiger partial charge is 0.328 e. The molecule has 2 aromatic carbocycles. The minimum Gasteiger partial charge on any atom is -0.328 e. The first kappa shape index (κ1) is 16.1. The highest BCUT2D eigenvalue weighted by molar-refractivity contribution is 6.01. The number of hydrogen-bond acceptors (Lipinski definition) is 2. The summed E-state index contributed by atoms with van der Waals surface area (Å²) in [5.41, 5.74) is 2.47. The van der Waals surface area contributed by atoms with Gasteiger partial charge in [-0.05, 0) is 48.5 Å². The Kier molecular flexibility index (Phi) is 4.27. The first-order valence-electron chi connectivity index (χ1n) is 8.60. The van der Waals surface area contributed by atoms with E-state index < -0.39 is 0 Å². The van der Waals surface area contributed by atoms with Crippen LogP contribution in [0.15, 0.2) is 79.1 Å². The van der Waals surface area contributed by atoms with Crippen LogP contribution in [0.3, 0.4) is 0 Å². The van der Waals surface area contributed by atoms with E-state index in [4.69, 9.17) is 0 Å². The summed E-state index contributed by atoms with van der Waals surface area (Å²) in [5, 5.41) is 0. The second-order valence-corrected chi connectivity index (χ2v) is 6.24. The molecule has 26 heavy (non-hydrogen) atoms. The smallest absolute Gasteiger partial charge is 0.254 e. The third-order valence-electron chi connectivity index (χ3n) is 4.59. The van der Waals surface area contributed by atoms with Gasteiger partial charge in [0.1, 0.15) is 6.54 Å². The van der Waals surface area contributed by atoms with Gasteiger partial charge in [-0.25, -0.2) is 0 Å². The van der Waals surface area contributed by atoms with Crippen molar-refractivity contribution in [2.75, 3.05) is 24.5 Å². The highest BCUT2D eigenvalue weighted by Crippen LogP contribution is 2.18. The van der Waals surface area contributed by atoms with Crippen molar-refractivity contribution < 1.29 is 9.59 Å². The van der Waals surface area contributed by atoms with Gasteiger partial charge in [0.15, 0.2) is 0 Å². The molecule has 0 radical (unpaired) electrons. The Morgan fingerprint density at radius 2 is 1.46 bits per heavy atom. The number of aromatic nitrogens is 1. The van der Waals surface area contributed by atoms with E-state index in [9.17, 15) is 9.59 Å². The van der Waals surface area contributed by atoms with Crippen LogP contribution in [0, 0.1) is 0 Å². The molecule has 1 aromatic heterocycles. The lowest BCUT2D eigenvalue weighted by Gasteiger charge is -2.34. The molecule has 0 atom stereocenters. The zero-order valence-corrected chi connectivity index (χ0v) is 14.3. The van der Waals surface area contributed by atoms with Gasteiger partial charge in [-0.2, -0.15) is 0 Å². The average molecular weight is 345 g/mol. The van der Waals surface area contributed by atoms with E-state index in [2.05, 4.69) is 0 Å². The summed E-state index contributed by atoms with van der Waals surface area (Å²) in [6, 6.07) is 20.9. The summed E-state index contributed by atoms with van der Waals surface area (Å²) < 4.78 is 1.98. The van der Waals surface area contributed by atoms with E-state index in [-0.39, 0.29) is 18.4 Å². The minimum absolute atomic E-state index is 0.0558. The molecule has 0 aliphatic carbocycles. The predicted molar refractivity (Wildman–Crippen MR) is 100 cm³/mol. The maximum absolute atomic E-state index is 12.7. The van der Waals surface area contributed by atoms with Gasteiger partial charge in [0, 0.05) is 42.4 Å². The summed E-state index contributed by atoms with van der Waals surface area (Å²) in [5.74, 6) is -0.162. The molecule has 3 aromatic rings. The Hall–Kier alpha value is -3.34.